The monoisotopic (exact) mass is 513 g/mol. The highest BCUT2D eigenvalue weighted by Crippen LogP contribution is 2.33. The Morgan fingerprint density at radius 1 is 1.19 bits per heavy atom. The van der Waals surface area contributed by atoms with Gasteiger partial charge in [-0.1, -0.05) is 11.6 Å². The number of benzene rings is 1. The lowest BCUT2D eigenvalue weighted by Crippen LogP contribution is -2.43. The van der Waals surface area contributed by atoms with Crippen molar-refractivity contribution >= 4 is 39.5 Å². The zero-order chi connectivity index (χ0) is 25.4. The Morgan fingerprint density at radius 2 is 2.03 bits per heavy atom. The molecule has 0 aliphatic carbocycles. The van der Waals surface area contributed by atoms with Gasteiger partial charge in [-0.15, -0.1) is 0 Å². The van der Waals surface area contributed by atoms with Crippen LogP contribution in [0.5, 0.6) is 0 Å². The maximum atomic E-state index is 10.8. The third-order valence-electron chi connectivity index (χ3n) is 6.85. The van der Waals surface area contributed by atoms with Crippen molar-refractivity contribution in [3.05, 3.63) is 47.6 Å². The number of H-pyrrole nitrogens is 1. The molecule has 10 nitrogen and oxygen atoms in total. The van der Waals surface area contributed by atoms with Gasteiger partial charge in [0.25, 0.3) is 0 Å². The number of hydrogen-bond acceptors (Lipinski definition) is 8. The second-order valence-corrected chi connectivity index (χ2v) is 10.1. The van der Waals surface area contributed by atoms with Gasteiger partial charge >= 0.3 is 0 Å². The van der Waals surface area contributed by atoms with Crippen molar-refractivity contribution in [1.29, 1.82) is 0 Å². The molecule has 4 heterocycles. The zero-order valence-electron chi connectivity index (χ0n) is 20.4. The second-order valence-electron chi connectivity index (χ2n) is 9.66. The van der Waals surface area contributed by atoms with E-state index in [0.717, 1.165) is 42.7 Å². The van der Waals surface area contributed by atoms with Crippen LogP contribution in [-0.2, 0) is 11.2 Å². The van der Waals surface area contributed by atoms with Gasteiger partial charge in [0.2, 0.25) is 0 Å². The zero-order valence-corrected chi connectivity index (χ0v) is 21.1. The number of anilines is 1. The molecule has 1 aromatic carbocycles. The number of aryl methyl sites for hydroxylation is 1. The minimum absolute atomic E-state index is 0.251. The molecule has 3 aromatic heterocycles. The molecule has 0 bridgehead atoms. The van der Waals surface area contributed by atoms with E-state index >= 15 is 0 Å². The fraction of sp³-hybridized carbons (Fsp3) is 0.480. The highest BCUT2D eigenvalue weighted by atomic mass is 35.5. The molecule has 5 rings (SSSR count). The van der Waals surface area contributed by atoms with Crippen LogP contribution in [0.2, 0.25) is 5.02 Å². The lowest BCUT2D eigenvalue weighted by molar-refractivity contribution is -0.0469. The maximum absolute atomic E-state index is 10.8. The third-order valence-corrected chi connectivity index (χ3v) is 7.09. The number of aromatic nitrogens is 5. The molecule has 0 spiro atoms. The number of halogens is 1. The number of pyridine rings is 1. The van der Waals surface area contributed by atoms with Gasteiger partial charge in [0.1, 0.15) is 29.7 Å². The number of aliphatic hydroxyl groups is 2. The topological polar surface area (TPSA) is 138 Å². The van der Waals surface area contributed by atoms with E-state index in [2.05, 4.69) is 38.7 Å². The average molecular weight is 514 g/mol. The van der Waals surface area contributed by atoms with E-state index in [4.69, 9.17) is 22.1 Å². The number of unbranched alkanes of at least 4 members (excludes halogenated alkanes) is 1. The first-order chi connectivity index (χ1) is 17.3. The number of fused-ring (bicyclic) bond motifs is 2. The Hall–Kier alpha value is -2.76. The lowest BCUT2D eigenvalue weighted by Gasteiger charge is -2.30. The van der Waals surface area contributed by atoms with Crippen LogP contribution >= 0.6 is 11.6 Å². The number of hydrogen-bond donors (Lipinski definition) is 4. The first kappa shape index (κ1) is 24.9. The van der Waals surface area contributed by atoms with Crippen LogP contribution in [0.25, 0.3) is 22.2 Å². The summed E-state index contributed by atoms with van der Waals surface area (Å²) >= 11 is 6.07. The van der Waals surface area contributed by atoms with E-state index in [1.165, 1.54) is 0 Å². The molecule has 36 heavy (non-hydrogen) atoms. The van der Waals surface area contributed by atoms with Gasteiger partial charge in [0.15, 0.2) is 11.9 Å². The molecular formula is C25H32ClN7O3. The SMILES string of the molecule is CC(C)N(CCCCc1nc2ccc(Cl)cc2[nH]1)C[C@H]1O[C@@H](n2cnc3c(N)ccnc32)[C@H](O)[C@@H]1O. The summed E-state index contributed by atoms with van der Waals surface area (Å²) in [6.45, 7) is 5.57. The van der Waals surface area contributed by atoms with Gasteiger partial charge in [0, 0.05) is 30.2 Å². The van der Waals surface area contributed by atoms with Crippen molar-refractivity contribution < 1.29 is 14.9 Å². The average Bonchev–Trinajstić information content (AvgIpc) is 3.53. The van der Waals surface area contributed by atoms with E-state index in [0.29, 0.717) is 28.4 Å². The molecule has 4 atom stereocenters. The minimum atomic E-state index is -1.11. The van der Waals surface area contributed by atoms with Gasteiger partial charge in [0.05, 0.1) is 23.0 Å². The summed E-state index contributed by atoms with van der Waals surface area (Å²) in [5.74, 6) is 0.950. The quantitative estimate of drug-likeness (QED) is 0.251. The number of ether oxygens (including phenoxy) is 1. The second kappa shape index (κ2) is 10.3. The predicted molar refractivity (Wildman–Crippen MR) is 139 cm³/mol. The summed E-state index contributed by atoms with van der Waals surface area (Å²) in [6.07, 6.45) is 2.42. The molecule has 192 valence electrons. The van der Waals surface area contributed by atoms with Crippen LogP contribution in [0.1, 0.15) is 38.7 Å². The van der Waals surface area contributed by atoms with Gasteiger partial charge in [-0.25, -0.2) is 15.0 Å². The number of nitrogen functional groups attached to an aromatic ring is 1. The molecule has 1 aliphatic rings. The third kappa shape index (κ3) is 4.91. The van der Waals surface area contributed by atoms with E-state index < -0.39 is 24.5 Å². The Kier molecular flexibility index (Phi) is 7.14. The molecule has 1 saturated heterocycles. The number of imidazole rings is 2. The summed E-state index contributed by atoms with van der Waals surface area (Å²) in [7, 11) is 0. The summed E-state index contributed by atoms with van der Waals surface area (Å²) in [4.78, 5) is 18.9. The smallest absolute Gasteiger partial charge is 0.165 e. The number of aromatic amines is 1. The molecule has 11 heteroatoms. The van der Waals surface area contributed by atoms with Crippen LogP contribution in [-0.4, -0.2) is 77.1 Å². The molecule has 0 amide bonds. The van der Waals surface area contributed by atoms with Crippen molar-refractivity contribution in [3.63, 3.8) is 0 Å². The normalized spacial score (nSPS) is 22.5. The number of nitrogens with one attached hydrogen (secondary N) is 1. The van der Waals surface area contributed by atoms with Crippen molar-refractivity contribution in [2.75, 3.05) is 18.8 Å². The summed E-state index contributed by atoms with van der Waals surface area (Å²) in [5, 5.41) is 22.3. The van der Waals surface area contributed by atoms with Crippen LogP contribution in [0.15, 0.2) is 36.8 Å². The Morgan fingerprint density at radius 3 is 2.83 bits per heavy atom. The fourth-order valence-corrected chi connectivity index (χ4v) is 4.97. The fourth-order valence-electron chi connectivity index (χ4n) is 4.80. The molecule has 0 unspecified atom stereocenters. The number of nitrogens with zero attached hydrogens (tertiary/aromatic N) is 5. The van der Waals surface area contributed by atoms with E-state index in [1.54, 1.807) is 23.2 Å². The van der Waals surface area contributed by atoms with Crippen LogP contribution < -0.4 is 5.73 Å². The summed E-state index contributed by atoms with van der Waals surface area (Å²) in [6, 6.07) is 7.58. The molecular weight excluding hydrogens is 482 g/mol. The number of aliphatic hydroxyl groups excluding tert-OH is 2. The molecule has 0 saturated carbocycles. The predicted octanol–water partition coefficient (Wildman–Crippen LogP) is 2.90. The highest BCUT2D eigenvalue weighted by molar-refractivity contribution is 6.31. The Balaban J connectivity index is 1.19. The van der Waals surface area contributed by atoms with Gasteiger partial charge in [-0.3, -0.25) is 9.47 Å². The van der Waals surface area contributed by atoms with Crippen LogP contribution in [0, 0.1) is 0 Å². The van der Waals surface area contributed by atoms with Crippen LogP contribution in [0.4, 0.5) is 5.69 Å². The van der Waals surface area contributed by atoms with Gasteiger partial charge in [-0.05, 0) is 57.5 Å². The molecule has 4 aromatic rings. The first-order valence-corrected chi connectivity index (χ1v) is 12.7. The van der Waals surface area contributed by atoms with Gasteiger partial charge in [-0.2, -0.15) is 0 Å². The van der Waals surface area contributed by atoms with E-state index in [1.807, 2.05) is 18.2 Å². The van der Waals surface area contributed by atoms with Crippen LogP contribution in [0.3, 0.4) is 0 Å². The summed E-state index contributed by atoms with van der Waals surface area (Å²) in [5.41, 5.74) is 9.42. The largest absolute Gasteiger partial charge is 0.397 e. The van der Waals surface area contributed by atoms with Crippen molar-refractivity contribution in [2.24, 2.45) is 0 Å². The van der Waals surface area contributed by atoms with Crippen molar-refractivity contribution in [2.45, 2.75) is 63.7 Å². The van der Waals surface area contributed by atoms with Crippen molar-refractivity contribution in [3.8, 4) is 0 Å². The lowest BCUT2D eigenvalue weighted by atomic mass is 10.1. The molecule has 1 aliphatic heterocycles. The Bertz CT molecular complexity index is 1340. The number of rotatable bonds is 9. The first-order valence-electron chi connectivity index (χ1n) is 12.3. The van der Waals surface area contributed by atoms with Crippen molar-refractivity contribution in [1.82, 2.24) is 29.4 Å². The van der Waals surface area contributed by atoms with E-state index in [9.17, 15) is 10.2 Å². The standard InChI is InChI=1S/C25H32ClN7O3/c1-14(2)32(10-4-3-5-20-30-17-7-6-15(26)11-18(17)31-20)12-19-22(34)23(35)25(36-19)33-13-29-21-16(27)8-9-28-24(21)33/h6-9,11,13-14,19,22-23,25,34-35H,3-5,10,12H2,1-2H3,(H2,27,28)(H,30,31)/t19-,22-,23-,25-/m1/s1. The molecule has 5 N–H and O–H groups in total. The van der Waals surface area contributed by atoms with Gasteiger partial charge < -0.3 is 25.7 Å². The Labute approximate surface area is 214 Å². The molecule has 0 radical (unpaired) electrons. The van der Waals surface area contributed by atoms with E-state index in [-0.39, 0.29) is 6.04 Å². The highest BCUT2D eigenvalue weighted by Gasteiger charge is 2.45. The number of nitrogens with two attached hydrogens (primary N) is 1. The maximum Gasteiger partial charge on any atom is 0.165 e. The molecule has 1 fully saturated rings. The summed E-state index contributed by atoms with van der Waals surface area (Å²) < 4.78 is 7.79. The minimum Gasteiger partial charge on any atom is -0.397 e.